The molecule has 0 aliphatic carbocycles. The molecule has 1 heterocycles. The standard InChI is InChI=1S/C15H19NO4/c1-11(14(17)16-9-5-2-6-10-16)20-13-8-4-3-7-12(13)15(18)19/h3-4,7-8,11H,2,5-6,9-10H2,1H3,(H,18,19). The third-order valence-electron chi connectivity index (χ3n) is 3.44. The molecule has 0 saturated carbocycles. The largest absolute Gasteiger partial charge is 0.480 e. The number of para-hydroxylation sites is 1. The highest BCUT2D eigenvalue weighted by Gasteiger charge is 2.24. The number of hydrogen-bond acceptors (Lipinski definition) is 3. The van der Waals surface area contributed by atoms with Gasteiger partial charge in [-0.1, -0.05) is 12.1 Å². The van der Waals surface area contributed by atoms with Crippen LogP contribution in [0.1, 0.15) is 36.5 Å². The predicted octanol–water partition coefficient (Wildman–Crippen LogP) is 2.16. The molecule has 0 bridgehead atoms. The lowest BCUT2D eigenvalue weighted by Crippen LogP contribution is -2.43. The Morgan fingerprint density at radius 2 is 1.85 bits per heavy atom. The van der Waals surface area contributed by atoms with Gasteiger partial charge >= 0.3 is 5.97 Å². The lowest BCUT2D eigenvalue weighted by atomic mass is 10.1. The van der Waals surface area contributed by atoms with Crippen LogP contribution in [0.3, 0.4) is 0 Å². The summed E-state index contributed by atoms with van der Waals surface area (Å²) >= 11 is 0. The summed E-state index contributed by atoms with van der Waals surface area (Å²) in [6.45, 7) is 3.18. The average molecular weight is 277 g/mol. The van der Waals surface area contributed by atoms with Crippen molar-refractivity contribution in [2.24, 2.45) is 0 Å². The van der Waals surface area contributed by atoms with Crippen LogP contribution in [0.25, 0.3) is 0 Å². The molecule has 0 spiro atoms. The van der Waals surface area contributed by atoms with Gasteiger partial charge in [-0.2, -0.15) is 0 Å². The second-order valence-electron chi connectivity index (χ2n) is 4.95. The summed E-state index contributed by atoms with van der Waals surface area (Å²) in [6, 6.07) is 6.37. The Balaban J connectivity index is 2.05. The van der Waals surface area contributed by atoms with Gasteiger partial charge in [-0.25, -0.2) is 4.79 Å². The number of nitrogens with zero attached hydrogens (tertiary/aromatic N) is 1. The first-order chi connectivity index (χ1) is 9.59. The lowest BCUT2D eigenvalue weighted by Gasteiger charge is -2.29. The van der Waals surface area contributed by atoms with E-state index in [1.165, 1.54) is 6.07 Å². The zero-order valence-corrected chi connectivity index (χ0v) is 11.5. The van der Waals surface area contributed by atoms with Crippen LogP contribution in [0, 0.1) is 0 Å². The predicted molar refractivity (Wildman–Crippen MR) is 73.9 cm³/mol. The van der Waals surface area contributed by atoms with Crippen LogP contribution in [-0.4, -0.2) is 41.1 Å². The maximum atomic E-state index is 12.2. The second-order valence-corrected chi connectivity index (χ2v) is 4.95. The average Bonchev–Trinajstić information content (AvgIpc) is 2.47. The van der Waals surface area contributed by atoms with Gasteiger partial charge in [-0.05, 0) is 38.3 Å². The van der Waals surface area contributed by atoms with Gasteiger partial charge in [0.1, 0.15) is 11.3 Å². The number of benzene rings is 1. The fourth-order valence-electron chi connectivity index (χ4n) is 2.36. The lowest BCUT2D eigenvalue weighted by molar-refractivity contribution is -0.138. The summed E-state index contributed by atoms with van der Waals surface area (Å²) in [7, 11) is 0. The van der Waals surface area contributed by atoms with Gasteiger partial charge in [0.25, 0.3) is 5.91 Å². The van der Waals surface area contributed by atoms with Crippen molar-refractivity contribution >= 4 is 11.9 Å². The van der Waals surface area contributed by atoms with Crippen LogP contribution < -0.4 is 4.74 Å². The first kappa shape index (κ1) is 14.4. The number of likely N-dealkylation sites (tertiary alicyclic amines) is 1. The molecule has 2 rings (SSSR count). The van der Waals surface area contributed by atoms with E-state index in [9.17, 15) is 9.59 Å². The Hall–Kier alpha value is -2.04. The fourth-order valence-corrected chi connectivity index (χ4v) is 2.36. The van der Waals surface area contributed by atoms with E-state index in [-0.39, 0.29) is 17.2 Å². The van der Waals surface area contributed by atoms with E-state index in [4.69, 9.17) is 9.84 Å². The van der Waals surface area contributed by atoms with Crippen LogP contribution in [-0.2, 0) is 4.79 Å². The number of ether oxygens (including phenoxy) is 1. The van der Waals surface area contributed by atoms with Crippen LogP contribution in [0.4, 0.5) is 0 Å². The van der Waals surface area contributed by atoms with Crippen LogP contribution in [0.2, 0.25) is 0 Å². The minimum absolute atomic E-state index is 0.0748. The van der Waals surface area contributed by atoms with Crippen molar-refractivity contribution in [1.29, 1.82) is 0 Å². The van der Waals surface area contributed by atoms with Crippen LogP contribution >= 0.6 is 0 Å². The van der Waals surface area contributed by atoms with Crippen molar-refractivity contribution in [3.63, 3.8) is 0 Å². The van der Waals surface area contributed by atoms with Gasteiger partial charge in [0.15, 0.2) is 6.10 Å². The topological polar surface area (TPSA) is 66.8 Å². The highest BCUT2D eigenvalue weighted by atomic mass is 16.5. The van der Waals surface area contributed by atoms with Crippen LogP contribution in [0.5, 0.6) is 5.75 Å². The maximum Gasteiger partial charge on any atom is 0.339 e. The fraction of sp³-hybridized carbons (Fsp3) is 0.467. The van der Waals surface area contributed by atoms with Crippen LogP contribution in [0.15, 0.2) is 24.3 Å². The molecule has 1 aliphatic heterocycles. The monoisotopic (exact) mass is 277 g/mol. The summed E-state index contributed by atoms with van der Waals surface area (Å²) in [4.78, 5) is 25.1. The van der Waals surface area contributed by atoms with E-state index in [0.29, 0.717) is 0 Å². The Morgan fingerprint density at radius 1 is 1.20 bits per heavy atom. The van der Waals surface area contributed by atoms with E-state index >= 15 is 0 Å². The minimum Gasteiger partial charge on any atom is -0.480 e. The van der Waals surface area contributed by atoms with Crippen molar-refractivity contribution in [2.75, 3.05) is 13.1 Å². The Bertz CT molecular complexity index is 494. The molecule has 1 aromatic rings. The van der Waals surface area contributed by atoms with Gasteiger partial charge in [0.05, 0.1) is 0 Å². The number of carbonyl (C=O) groups excluding carboxylic acids is 1. The summed E-state index contributed by atoms with van der Waals surface area (Å²) in [5, 5.41) is 9.09. The zero-order chi connectivity index (χ0) is 14.5. The number of rotatable bonds is 4. The molecule has 1 unspecified atom stereocenters. The molecular weight excluding hydrogens is 258 g/mol. The third kappa shape index (κ3) is 3.29. The number of carbonyl (C=O) groups is 2. The minimum atomic E-state index is -1.06. The molecule has 5 heteroatoms. The number of amides is 1. The third-order valence-corrected chi connectivity index (χ3v) is 3.44. The number of hydrogen-bond donors (Lipinski definition) is 1. The molecule has 1 amide bonds. The van der Waals surface area contributed by atoms with E-state index in [2.05, 4.69) is 0 Å². The first-order valence-electron chi connectivity index (χ1n) is 6.87. The summed E-state index contributed by atoms with van der Waals surface area (Å²) in [6.07, 6.45) is 2.52. The molecule has 0 aromatic heterocycles. The SMILES string of the molecule is CC(Oc1ccccc1C(=O)O)C(=O)N1CCCCC1. The first-order valence-corrected chi connectivity index (χ1v) is 6.87. The van der Waals surface area contributed by atoms with Crippen molar-refractivity contribution in [3.05, 3.63) is 29.8 Å². The molecule has 1 aromatic carbocycles. The molecule has 1 N–H and O–H groups in total. The van der Waals surface area contributed by atoms with Gasteiger partial charge < -0.3 is 14.7 Å². The molecule has 1 fully saturated rings. The second kappa shape index (κ2) is 6.41. The number of carboxylic acid groups (broad SMARTS) is 1. The van der Waals surface area contributed by atoms with Gasteiger partial charge in [0, 0.05) is 13.1 Å². The molecular formula is C15H19NO4. The molecule has 108 valence electrons. The summed E-state index contributed by atoms with van der Waals surface area (Å²) in [5.74, 6) is -0.902. The van der Waals surface area contributed by atoms with Gasteiger partial charge in [-0.15, -0.1) is 0 Å². The molecule has 1 aliphatic rings. The highest BCUT2D eigenvalue weighted by molar-refractivity contribution is 5.91. The van der Waals surface area contributed by atoms with E-state index < -0.39 is 12.1 Å². The molecule has 1 atom stereocenters. The maximum absolute atomic E-state index is 12.2. The Labute approximate surface area is 118 Å². The number of aromatic carboxylic acids is 1. The van der Waals surface area contributed by atoms with E-state index in [0.717, 1.165) is 32.4 Å². The van der Waals surface area contributed by atoms with Gasteiger partial charge in [0.2, 0.25) is 0 Å². The highest BCUT2D eigenvalue weighted by Crippen LogP contribution is 2.20. The van der Waals surface area contributed by atoms with Crippen molar-refractivity contribution in [1.82, 2.24) is 4.90 Å². The molecule has 20 heavy (non-hydrogen) atoms. The molecule has 1 saturated heterocycles. The summed E-state index contributed by atoms with van der Waals surface area (Å²) < 4.78 is 5.55. The molecule has 5 nitrogen and oxygen atoms in total. The van der Waals surface area contributed by atoms with Gasteiger partial charge in [-0.3, -0.25) is 4.79 Å². The number of piperidine rings is 1. The summed E-state index contributed by atoms with van der Waals surface area (Å²) in [5.41, 5.74) is 0.0748. The number of carboxylic acids is 1. The van der Waals surface area contributed by atoms with Crippen molar-refractivity contribution in [2.45, 2.75) is 32.3 Å². The normalized spacial score (nSPS) is 16.6. The molecule has 0 radical (unpaired) electrons. The van der Waals surface area contributed by atoms with E-state index in [1.807, 2.05) is 0 Å². The van der Waals surface area contributed by atoms with Crippen molar-refractivity contribution in [3.8, 4) is 5.75 Å². The van der Waals surface area contributed by atoms with E-state index in [1.54, 1.807) is 30.0 Å². The Morgan fingerprint density at radius 3 is 2.50 bits per heavy atom. The zero-order valence-electron chi connectivity index (χ0n) is 11.5. The quantitative estimate of drug-likeness (QED) is 0.916. The Kier molecular flexibility index (Phi) is 4.61. The van der Waals surface area contributed by atoms with Crippen molar-refractivity contribution < 1.29 is 19.4 Å². The smallest absolute Gasteiger partial charge is 0.339 e.